The Morgan fingerprint density at radius 3 is 2.71 bits per heavy atom. The van der Waals surface area contributed by atoms with E-state index in [9.17, 15) is 14.5 Å². The largest absolute Gasteiger partial charge is 0.444 e. The molecule has 1 atom stereocenters. The van der Waals surface area contributed by atoms with Gasteiger partial charge in [-0.1, -0.05) is 17.7 Å². The Morgan fingerprint density at radius 2 is 2.05 bits per heavy atom. The Morgan fingerprint density at radius 1 is 1.29 bits per heavy atom. The molecule has 1 heterocycles. The predicted octanol–water partition coefficient (Wildman–Crippen LogP) is 4.03. The average molecular weight is 310 g/mol. The molecule has 2 aromatic rings. The van der Waals surface area contributed by atoms with Gasteiger partial charge < -0.3 is 9.47 Å². The van der Waals surface area contributed by atoms with Gasteiger partial charge in [0.2, 0.25) is 5.75 Å². The van der Waals surface area contributed by atoms with Crippen LogP contribution in [0.25, 0.3) is 0 Å². The Balaban J connectivity index is 2.07. The molecule has 0 aromatic heterocycles. The monoisotopic (exact) mass is 309 g/mol. The maximum Gasteiger partial charge on any atom is 0.315 e. The highest BCUT2D eigenvalue weighted by atomic mass is 35.5. The van der Waals surface area contributed by atoms with Gasteiger partial charge in [-0.2, -0.15) is 0 Å². The number of halogens is 2. The second-order valence-electron chi connectivity index (χ2n) is 4.64. The maximum atomic E-state index is 14.1. The summed E-state index contributed by atoms with van der Waals surface area (Å²) in [5, 5.41) is 11.2. The smallest absolute Gasteiger partial charge is 0.315 e. The topological polar surface area (TPSA) is 61.6 Å². The van der Waals surface area contributed by atoms with Crippen LogP contribution >= 0.6 is 11.6 Å². The van der Waals surface area contributed by atoms with Gasteiger partial charge in [-0.05, 0) is 24.3 Å². The number of fused-ring (bicyclic) bond motifs is 1. The second kappa shape index (κ2) is 4.60. The maximum absolute atomic E-state index is 14.1. The standard InChI is InChI=1S/C14H9ClFNO4/c1-14(9-6-5-8(15)7-10(9)16)20-12-4-2-3-11(17(18)19)13(12)21-14/h2-7H,1H3. The van der Waals surface area contributed by atoms with Crippen LogP contribution in [0.15, 0.2) is 36.4 Å². The Hall–Kier alpha value is -2.34. The molecule has 0 saturated heterocycles. The Bertz CT molecular complexity index is 752. The van der Waals surface area contributed by atoms with E-state index in [2.05, 4.69) is 0 Å². The van der Waals surface area contributed by atoms with Gasteiger partial charge in [0, 0.05) is 18.0 Å². The highest BCUT2D eigenvalue weighted by molar-refractivity contribution is 6.30. The number of nitrogens with zero attached hydrogens (tertiary/aromatic N) is 1. The number of benzene rings is 2. The molecule has 0 N–H and O–H groups in total. The van der Waals surface area contributed by atoms with E-state index in [-0.39, 0.29) is 27.8 Å². The molecule has 2 aromatic carbocycles. The summed E-state index contributed by atoms with van der Waals surface area (Å²) >= 11 is 5.71. The molecule has 1 aliphatic rings. The van der Waals surface area contributed by atoms with E-state index in [1.807, 2.05) is 0 Å². The lowest BCUT2D eigenvalue weighted by molar-refractivity contribution is -0.386. The summed E-state index contributed by atoms with van der Waals surface area (Å²) in [5.41, 5.74) is -0.122. The van der Waals surface area contributed by atoms with Crippen LogP contribution in [-0.2, 0) is 5.79 Å². The van der Waals surface area contributed by atoms with Gasteiger partial charge in [-0.15, -0.1) is 0 Å². The quantitative estimate of drug-likeness (QED) is 0.620. The van der Waals surface area contributed by atoms with Crippen molar-refractivity contribution in [3.05, 3.63) is 62.9 Å². The minimum absolute atomic E-state index is 0.0145. The molecule has 0 saturated carbocycles. The number of para-hydroxylation sites is 1. The third kappa shape index (κ3) is 2.17. The molecule has 1 unspecified atom stereocenters. The van der Waals surface area contributed by atoms with Gasteiger partial charge in [0.1, 0.15) is 5.82 Å². The summed E-state index contributed by atoms with van der Waals surface area (Å²) in [6, 6.07) is 8.36. The van der Waals surface area contributed by atoms with E-state index in [0.717, 1.165) is 6.07 Å². The van der Waals surface area contributed by atoms with Crippen molar-refractivity contribution < 1.29 is 18.8 Å². The van der Waals surface area contributed by atoms with Crippen molar-refractivity contribution in [2.24, 2.45) is 0 Å². The number of nitro benzene ring substituents is 1. The fourth-order valence-corrected chi connectivity index (χ4v) is 2.38. The van der Waals surface area contributed by atoms with Crippen LogP contribution < -0.4 is 9.47 Å². The van der Waals surface area contributed by atoms with Crippen molar-refractivity contribution in [2.75, 3.05) is 0 Å². The van der Waals surface area contributed by atoms with Crippen LogP contribution in [0.1, 0.15) is 12.5 Å². The molecule has 0 aliphatic carbocycles. The first-order chi connectivity index (χ1) is 9.90. The number of hydrogen-bond donors (Lipinski definition) is 0. The number of ether oxygens (including phenoxy) is 2. The van der Waals surface area contributed by atoms with Crippen molar-refractivity contribution in [3.63, 3.8) is 0 Å². The van der Waals surface area contributed by atoms with Crippen molar-refractivity contribution in [1.82, 2.24) is 0 Å². The third-order valence-electron chi connectivity index (χ3n) is 3.18. The molecule has 0 fully saturated rings. The molecule has 0 spiro atoms. The minimum atomic E-state index is -1.48. The summed E-state index contributed by atoms with van der Waals surface area (Å²) in [4.78, 5) is 10.4. The molecule has 0 amide bonds. The van der Waals surface area contributed by atoms with Crippen LogP contribution in [0, 0.1) is 15.9 Å². The summed E-state index contributed by atoms with van der Waals surface area (Å²) < 4.78 is 25.2. The summed E-state index contributed by atoms with van der Waals surface area (Å²) in [7, 11) is 0. The number of hydrogen-bond acceptors (Lipinski definition) is 4. The fourth-order valence-electron chi connectivity index (χ4n) is 2.22. The Kier molecular flexibility index (Phi) is 2.98. The molecule has 0 radical (unpaired) electrons. The first-order valence-electron chi connectivity index (χ1n) is 6.02. The normalized spacial score (nSPS) is 19.6. The molecule has 3 rings (SSSR count). The lowest BCUT2D eigenvalue weighted by Crippen LogP contribution is -2.32. The molecule has 7 heteroatoms. The molecule has 0 bridgehead atoms. The van der Waals surface area contributed by atoms with E-state index >= 15 is 0 Å². The zero-order valence-corrected chi connectivity index (χ0v) is 11.6. The van der Waals surface area contributed by atoms with E-state index < -0.39 is 16.5 Å². The predicted molar refractivity (Wildman–Crippen MR) is 73.1 cm³/mol. The van der Waals surface area contributed by atoms with Gasteiger partial charge in [0.05, 0.1) is 10.5 Å². The molecular formula is C14H9ClFNO4. The molecule has 108 valence electrons. The lowest BCUT2D eigenvalue weighted by Gasteiger charge is -2.23. The van der Waals surface area contributed by atoms with E-state index in [0.29, 0.717) is 0 Å². The summed E-state index contributed by atoms with van der Waals surface area (Å²) in [6.07, 6.45) is 0. The van der Waals surface area contributed by atoms with Crippen LogP contribution in [0.3, 0.4) is 0 Å². The third-order valence-corrected chi connectivity index (χ3v) is 3.41. The highest BCUT2D eigenvalue weighted by Gasteiger charge is 2.44. The lowest BCUT2D eigenvalue weighted by atomic mass is 10.1. The first-order valence-corrected chi connectivity index (χ1v) is 6.39. The van der Waals surface area contributed by atoms with Crippen molar-refractivity contribution in [1.29, 1.82) is 0 Å². The van der Waals surface area contributed by atoms with Gasteiger partial charge in [0.25, 0.3) is 5.79 Å². The summed E-state index contributed by atoms with van der Waals surface area (Å²) in [6.45, 7) is 1.49. The van der Waals surface area contributed by atoms with Crippen LogP contribution in [-0.4, -0.2) is 4.92 Å². The Labute approximate surface area is 124 Å². The summed E-state index contributed by atoms with van der Waals surface area (Å²) in [5.74, 6) is -1.91. The first kappa shape index (κ1) is 13.6. The van der Waals surface area contributed by atoms with Gasteiger partial charge in [-0.25, -0.2) is 4.39 Å². The zero-order valence-electron chi connectivity index (χ0n) is 10.8. The van der Waals surface area contributed by atoms with Crippen LogP contribution in [0.5, 0.6) is 11.5 Å². The van der Waals surface area contributed by atoms with Crippen molar-refractivity contribution >= 4 is 17.3 Å². The van der Waals surface area contributed by atoms with Gasteiger partial charge in [0.15, 0.2) is 5.75 Å². The zero-order chi connectivity index (χ0) is 15.2. The molecule has 21 heavy (non-hydrogen) atoms. The molecular weight excluding hydrogens is 301 g/mol. The SMILES string of the molecule is CC1(c2ccc(Cl)cc2F)Oc2cccc([N+](=O)[O-])c2O1. The minimum Gasteiger partial charge on any atom is -0.444 e. The molecule has 5 nitrogen and oxygen atoms in total. The van der Waals surface area contributed by atoms with E-state index in [1.54, 1.807) is 0 Å². The fraction of sp³-hybridized carbons (Fsp3) is 0.143. The van der Waals surface area contributed by atoms with Crippen LogP contribution in [0.4, 0.5) is 10.1 Å². The molecule has 1 aliphatic heterocycles. The average Bonchev–Trinajstić information content (AvgIpc) is 2.74. The van der Waals surface area contributed by atoms with Crippen LogP contribution in [0.2, 0.25) is 5.02 Å². The van der Waals surface area contributed by atoms with Gasteiger partial charge in [-0.3, -0.25) is 10.1 Å². The van der Waals surface area contributed by atoms with E-state index in [1.165, 1.54) is 37.3 Å². The van der Waals surface area contributed by atoms with Gasteiger partial charge >= 0.3 is 5.69 Å². The van der Waals surface area contributed by atoms with E-state index in [4.69, 9.17) is 21.1 Å². The van der Waals surface area contributed by atoms with Crippen molar-refractivity contribution in [2.45, 2.75) is 12.7 Å². The number of nitro groups is 1. The number of rotatable bonds is 2. The second-order valence-corrected chi connectivity index (χ2v) is 5.07. The van der Waals surface area contributed by atoms with Crippen molar-refractivity contribution in [3.8, 4) is 11.5 Å². The highest BCUT2D eigenvalue weighted by Crippen LogP contribution is 2.49.